The molecule has 3 aromatic heterocycles. The second-order valence-electron chi connectivity index (χ2n) is 3.87. The Bertz CT molecular complexity index is 686. The van der Waals surface area contributed by atoms with Crippen molar-refractivity contribution in [3.8, 4) is 11.4 Å². The summed E-state index contributed by atoms with van der Waals surface area (Å²) in [7, 11) is 0. The molecule has 5 heteroatoms. The van der Waals surface area contributed by atoms with E-state index in [9.17, 15) is 0 Å². The molecule has 0 radical (unpaired) electrons. The Hall–Kier alpha value is -2.43. The van der Waals surface area contributed by atoms with E-state index in [0.717, 1.165) is 22.6 Å². The van der Waals surface area contributed by atoms with E-state index in [1.165, 1.54) is 0 Å². The molecule has 3 N–H and O–H groups in total. The molecule has 3 rings (SSSR count). The molecule has 0 bridgehead atoms. The Morgan fingerprint density at radius 2 is 2.06 bits per heavy atom. The summed E-state index contributed by atoms with van der Waals surface area (Å²) in [5.41, 5.74) is 9.86. The average molecular weight is 225 g/mol. The molecule has 3 aromatic rings. The molecular weight excluding hydrogens is 214 g/mol. The number of nitrogens with two attached hydrogens (primary N) is 1. The number of nitrogens with zero attached hydrogens (tertiary/aromatic N) is 3. The van der Waals surface area contributed by atoms with E-state index in [1.807, 2.05) is 25.1 Å². The lowest BCUT2D eigenvalue weighted by molar-refractivity contribution is 1.22. The van der Waals surface area contributed by atoms with Gasteiger partial charge in [0.2, 0.25) is 0 Å². The quantitative estimate of drug-likeness (QED) is 0.663. The van der Waals surface area contributed by atoms with Crippen LogP contribution in [0.1, 0.15) is 5.69 Å². The van der Waals surface area contributed by atoms with Crippen molar-refractivity contribution in [3.63, 3.8) is 0 Å². The van der Waals surface area contributed by atoms with E-state index in [0.29, 0.717) is 11.3 Å². The van der Waals surface area contributed by atoms with Crippen LogP contribution in [0.2, 0.25) is 0 Å². The van der Waals surface area contributed by atoms with Crippen LogP contribution in [0.4, 0.5) is 5.69 Å². The van der Waals surface area contributed by atoms with Crippen LogP contribution in [0.5, 0.6) is 0 Å². The van der Waals surface area contributed by atoms with E-state index in [-0.39, 0.29) is 0 Å². The van der Waals surface area contributed by atoms with E-state index in [1.54, 1.807) is 12.4 Å². The van der Waals surface area contributed by atoms with Gasteiger partial charge in [0.15, 0.2) is 5.65 Å². The third-order valence-electron chi connectivity index (χ3n) is 2.59. The van der Waals surface area contributed by atoms with Gasteiger partial charge in [-0.15, -0.1) is 0 Å². The fourth-order valence-electron chi connectivity index (χ4n) is 1.74. The molecule has 0 spiro atoms. The molecule has 0 saturated heterocycles. The van der Waals surface area contributed by atoms with E-state index < -0.39 is 0 Å². The van der Waals surface area contributed by atoms with Gasteiger partial charge in [0.05, 0.1) is 17.4 Å². The third kappa shape index (κ3) is 1.61. The standard InChI is InChI=1S/C12H11N5/c1-7-2-3-10-12(15-7)17-11(16-10)8-4-5-14-6-9(8)13/h2-6H,13H2,1H3,(H,15,16,17). The topological polar surface area (TPSA) is 80.5 Å². The van der Waals surface area contributed by atoms with E-state index in [4.69, 9.17) is 5.73 Å². The molecule has 0 unspecified atom stereocenters. The van der Waals surface area contributed by atoms with E-state index in [2.05, 4.69) is 19.9 Å². The van der Waals surface area contributed by atoms with Crippen LogP contribution >= 0.6 is 0 Å². The van der Waals surface area contributed by atoms with E-state index >= 15 is 0 Å². The van der Waals surface area contributed by atoms with Crippen molar-refractivity contribution >= 4 is 16.9 Å². The molecule has 84 valence electrons. The zero-order valence-corrected chi connectivity index (χ0v) is 9.31. The Morgan fingerprint density at radius 1 is 1.18 bits per heavy atom. The van der Waals surface area contributed by atoms with Gasteiger partial charge in [-0.2, -0.15) is 0 Å². The van der Waals surface area contributed by atoms with Gasteiger partial charge < -0.3 is 10.7 Å². The summed E-state index contributed by atoms with van der Waals surface area (Å²) < 4.78 is 0. The van der Waals surface area contributed by atoms with Crippen LogP contribution in [-0.2, 0) is 0 Å². The Labute approximate surface area is 97.7 Å². The van der Waals surface area contributed by atoms with Crippen LogP contribution in [0.25, 0.3) is 22.6 Å². The van der Waals surface area contributed by atoms with Crippen molar-refractivity contribution in [1.29, 1.82) is 0 Å². The summed E-state index contributed by atoms with van der Waals surface area (Å²) >= 11 is 0. The van der Waals surface area contributed by atoms with Gasteiger partial charge in [-0.25, -0.2) is 9.97 Å². The largest absolute Gasteiger partial charge is 0.397 e. The van der Waals surface area contributed by atoms with Crippen LogP contribution in [0.3, 0.4) is 0 Å². The highest BCUT2D eigenvalue weighted by molar-refractivity contribution is 5.79. The maximum Gasteiger partial charge on any atom is 0.178 e. The number of nitrogen functional groups attached to an aromatic ring is 1. The number of rotatable bonds is 1. The molecule has 0 fully saturated rings. The van der Waals surface area contributed by atoms with Crippen molar-refractivity contribution in [2.75, 3.05) is 5.73 Å². The summed E-state index contributed by atoms with van der Waals surface area (Å²) in [6.45, 7) is 1.94. The number of pyridine rings is 2. The fraction of sp³-hybridized carbons (Fsp3) is 0.0833. The zero-order chi connectivity index (χ0) is 11.8. The van der Waals surface area contributed by atoms with Crippen LogP contribution in [-0.4, -0.2) is 19.9 Å². The molecule has 17 heavy (non-hydrogen) atoms. The number of hydrogen-bond donors (Lipinski definition) is 2. The Morgan fingerprint density at radius 3 is 2.88 bits per heavy atom. The minimum atomic E-state index is 0.600. The summed E-state index contributed by atoms with van der Waals surface area (Å²) in [6.07, 6.45) is 3.30. The predicted molar refractivity (Wildman–Crippen MR) is 66.3 cm³/mol. The number of imidazole rings is 1. The number of aromatic nitrogens is 4. The number of hydrogen-bond acceptors (Lipinski definition) is 4. The number of nitrogens with one attached hydrogen (secondary N) is 1. The smallest absolute Gasteiger partial charge is 0.178 e. The number of fused-ring (bicyclic) bond motifs is 1. The number of anilines is 1. The SMILES string of the molecule is Cc1ccc2[nH]c(-c3ccncc3N)nc2n1. The summed E-state index contributed by atoms with van der Waals surface area (Å²) in [5.74, 6) is 0.720. The van der Waals surface area contributed by atoms with Gasteiger partial charge in [0.1, 0.15) is 5.82 Å². The lowest BCUT2D eigenvalue weighted by Gasteiger charge is -1.99. The molecule has 5 nitrogen and oxygen atoms in total. The normalized spacial score (nSPS) is 10.9. The summed E-state index contributed by atoms with van der Waals surface area (Å²) in [6, 6.07) is 5.74. The first-order chi connectivity index (χ1) is 8.24. The van der Waals surface area contributed by atoms with Gasteiger partial charge in [-0.3, -0.25) is 4.98 Å². The molecule has 0 aliphatic rings. The van der Waals surface area contributed by atoms with Crippen molar-refractivity contribution in [2.45, 2.75) is 6.92 Å². The van der Waals surface area contributed by atoms with Crippen molar-refractivity contribution in [3.05, 3.63) is 36.3 Å². The molecule has 0 saturated carbocycles. The van der Waals surface area contributed by atoms with Gasteiger partial charge in [0, 0.05) is 17.5 Å². The molecule has 0 atom stereocenters. The maximum atomic E-state index is 5.86. The second-order valence-corrected chi connectivity index (χ2v) is 3.87. The van der Waals surface area contributed by atoms with Crippen LogP contribution in [0.15, 0.2) is 30.6 Å². The van der Waals surface area contributed by atoms with Crippen molar-refractivity contribution in [1.82, 2.24) is 19.9 Å². The molecule has 0 aliphatic heterocycles. The molecule has 0 aliphatic carbocycles. The summed E-state index contributed by atoms with van der Waals surface area (Å²) in [5, 5.41) is 0. The number of aromatic amines is 1. The van der Waals surface area contributed by atoms with Crippen molar-refractivity contribution in [2.24, 2.45) is 0 Å². The first-order valence-electron chi connectivity index (χ1n) is 5.27. The van der Waals surface area contributed by atoms with Crippen LogP contribution in [0, 0.1) is 6.92 Å². The highest BCUT2D eigenvalue weighted by Crippen LogP contribution is 2.23. The highest BCUT2D eigenvalue weighted by Gasteiger charge is 2.08. The number of aryl methyl sites for hydroxylation is 1. The monoisotopic (exact) mass is 225 g/mol. The fourth-order valence-corrected chi connectivity index (χ4v) is 1.74. The molecule has 0 amide bonds. The average Bonchev–Trinajstić information content (AvgIpc) is 2.72. The predicted octanol–water partition coefficient (Wildman–Crippen LogP) is 1.91. The summed E-state index contributed by atoms with van der Waals surface area (Å²) in [4.78, 5) is 15.9. The highest BCUT2D eigenvalue weighted by atomic mass is 15.0. The number of H-pyrrole nitrogens is 1. The van der Waals surface area contributed by atoms with Gasteiger partial charge >= 0.3 is 0 Å². The first kappa shape index (κ1) is 9.77. The molecular formula is C12H11N5. The third-order valence-corrected chi connectivity index (χ3v) is 2.59. The lowest BCUT2D eigenvalue weighted by Crippen LogP contribution is -1.91. The Kier molecular flexibility index (Phi) is 2.04. The molecule has 0 aromatic carbocycles. The van der Waals surface area contributed by atoms with Gasteiger partial charge in [-0.05, 0) is 25.1 Å². The minimum Gasteiger partial charge on any atom is -0.397 e. The maximum absolute atomic E-state index is 5.86. The van der Waals surface area contributed by atoms with Gasteiger partial charge in [0.25, 0.3) is 0 Å². The second kappa shape index (κ2) is 3.55. The van der Waals surface area contributed by atoms with Crippen molar-refractivity contribution < 1.29 is 0 Å². The minimum absolute atomic E-state index is 0.600. The zero-order valence-electron chi connectivity index (χ0n) is 9.31. The van der Waals surface area contributed by atoms with Crippen LogP contribution < -0.4 is 5.73 Å². The Balaban J connectivity index is 2.22. The molecule has 3 heterocycles. The first-order valence-corrected chi connectivity index (χ1v) is 5.27. The lowest BCUT2D eigenvalue weighted by atomic mass is 10.2. The van der Waals surface area contributed by atoms with Gasteiger partial charge in [-0.1, -0.05) is 0 Å².